The van der Waals surface area contributed by atoms with E-state index in [9.17, 15) is 75.7 Å². The van der Waals surface area contributed by atoms with Gasteiger partial charge in [0.05, 0.1) is 50.7 Å². The Bertz CT molecular complexity index is 1740. The number of unbranched alkanes of at least 4 members (excludes halogenated alkanes) is 29. The van der Waals surface area contributed by atoms with Gasteiger partial charge in [0.1, 0.15) is 67.1 Å². The molecular weight excluding hydrogens is 1110 g/mol. The van der Waals surface area contributed by atoms with E-state index < -0.39 is 148 Å². The van der Waals surface area contributed by atoms with Crippen molar-refractivity contribution in [1.29, 1.82) is 0 Å². The molecule has 3 rings (SSSR count). The first-order valence-corrected chi connectivity index (χ1v) is 32.9. The predicted molar refractivity (Wildman–Crippen MR) is 315 cm³/mol. The van der Waals surface area contributed by atoms with Crippen molar-refractivity contribution in [3.8, 4) is 0 Å². The monoisotopic (exact) mass is 1220 g/mol. The zero-order valence-corrected chi connectivity index (χ0v) is 51.7. The molecule has 3 fully saturated rings. The fourth-order valence-corrected chi connectivity index (χ4v) is 11.8. The molecular formula is C62H116N2O21. The van der Waals surface area contributed by atoms with Crippen LogP contribution in [-0.2, 0) is 42.8 Å². The minimum atomic E-state index is -3.08. The molecule has 0 radical (unpaired) electrons. The molecule has 3 heterocycles. The fourth-order valence-electron chi connectivity index (χ4n) is 11.8. The van der Waals surface area contributed by atoms with Crippen molar-refractivity contribution in [2.24, 2.45) is 0 Å². The van der Waals surface area contributed by atoms with Gasteiger partial charge in [-0.15, -0.1) is 0 Å². The van der Waals surface area contributed by atoms with Gasteiger partial charge in [-0.25, -0.2) is 4.79 Å². The average molecular weight is 1230 g/mol. The topological polar surface area (TPSA) is 373 Å². The number of carboxylic acids is 1. The Balaban J connectivity index is 1.62. The van der Waals surface area contributed by atoms with Crippen LogP contribution in [0.4, 0.5) is 0 Å². The number of aliphatic hydroxyl groups excluding tert-OH is 11. The number of aliphatic hydroxyl groups is 11. The summed E-state index contributed by atoms with van der Waals surface area (Å²) in [7, 11) is 0. The summed E-state index contributed by atoms with van der Waals surface area (Å²) in [5.41, 5.74) is 0. The molecule has 18 unspecified atom stereocenters. The highest BCUT2D eigenvalue weighted by Crippen LogP contribution is 2.39. The number of hydrogen-bond donors (Lipinski definition) is 14. The van der Waals surface area contributed by atoms with Crippen molar-refractivity contribution in [1.82, 2.24) is 10.6 Å². The van der Waals surface area contributed by atoms with E-state index in [1.807, 2.05) is 0 Å². The van der Waals surface area contributed by atoms with Crippen molar-refractivity contribution in [2.75, 3.05) is 26.4 Å². The number of carbonyl (C=O) groups is 3. The lowest BCUT2D eigenvalue weighted by atomic mass is 9.88. The first-order chi connectivity index (χ1) is 40.9. The maximum atomic E-state index is 13.4. The standard InChI is InChI=1S/C62H116N2O21/c1-4-6-8-10-12-14-16-18-19-20-21-22-24-25-27-29-31-33-35-44(69)43(64-49(72)36-34-32-30-28-26-23-17-15-13-11-9-7-5-2)41-80-59-54(76)53(75)56(48(40-67)82-59)83-60-55(77)58(52(74)47(39-66)81-60)85-62(61(78)79)37-45(70)50(63-42(3)68)57(84-62)51(73)46(71)38-65/h43-48,50-60,65-67,69-71,73-77H,4-41H2,1-3H3,(H,63,68)(H,64,72)(H,78,79). The molecule has 3 aliphatic heterocycles. The van der Waals surface area contributed by atoms with Gasteiger partial charge in [0.15, 0.2) is 12.6 Å². The Morgan fingerprint density at radius 2 is 1.02 bits per heavy atom. The molecule has 3 aliphatic rings. The third-order valence-electron chi connectivity index (χ3n) is 17.1. The number of aliphatic carboxylic acids is 1. The fraction of sp³-hybridized carbons (Fsp3) is 0.952. The lowest BCUT2D eigenvalue weighted by Gasteiger charge is -2.50. The van der Waals surface area contributed by atoms with Gasteiger partial charge < -0.3 is 100 Å². The van der Waals surface area contributed by atoms with Gasteiger partial charge in [0.2, 0.25) is 11.8 Å². The van der Waals surface area contributed by atoms with Crippen LogP contribution >= 0.6 is 0 Å². The summed E-state index contributed by atoms with van der Waals surface area (Å²) < 4.78 is 34.8. The van der Waals surface area contributed by atoms with E-state index in [0.29, 0.717) is 19.3 Å². The summed E-state index contributed by atoms with van der Waals surface area (Å²) in [4.78, 5) is 38.5. The second-order valence-corrected chi connectivity index (χ2v) is 24.3. The second-order valence-electron chi connectivity index (χ2n) is 24.3. The van der Waals surface area contributed by atoms with Crippen molar-refractivity contribution in [2.45, 2.75) is 349 Å². The highest BCUT2D eigenvalue weighted by atomic mass is 16.8. The van der Waals surface area contributed by atoms with Gasteiger partial charge in [-0.2, -0.15) is 0 Å². The highest BCUT2D eigenvalue weighted by molar-refractivity contribution is 5.77. The molecule has 3 saturated heterocycles. The predicted octanol–water partition coefficient (Wildman–Crippen LogP) is 4.56. The number of nitrogens with one attached hydrogen (secondary N) is 2. The van der Waals surface area contributed by atoms with Crippen LogP contribution in [0.5, 0.6) is 0 Å². The smallest absolute Gasteiger partial charge is 0.364 e. The van der Waals surface area contributed by atoms with Crippen LogP contribution < -0.4 is 10.6 Å². The highest BCUT2D eigenvalue weighted by Gasteiger charge is 2.60. The molecule has 0 aromatic carbocycles. The van der Waals surface area contributed by atoms with Crippen molar-refractivity contribution in [3.05, 3.63) is 0 Å². The Morgan fingerprint density at radius 3 is 1.47 bits per heavy atom. The first-order valence-electron chi connectivity index (χ1n) is 32.9. The minimum absolute atomic E-state index is 0.228. The first kappa shape index (κ1) is 77.0. The number of ether oxygens (including phenoxy) is 6. The van der Waals surface area contributed by atoms with Crippen LogP contribution in [0.25, 0.3) is 0 Å². The Hall–Kier alpha value is -2.27. The number of carbonyl (C=O) groups excluding carboxylic acids is 2. The van der Waals surface area contributed by atoms with Crippen molar-refractivity contribution in [3.63, 3.8) is 0 Å². The molecule has 0 saturated carbocycles. The largest absolute Gasteiger partial charge is 0.477 e. The van der Waals surface area contributed by atoms with Gasteiger partial charge >= 0.3 is 5.97 Å². The van der Waals surface area contributed by atoms with Crippen LogP contribution in [-0.4, -0.2) is 215 Å². The molecule has 23 heteroatoms. The molecule has 18 atom stereocenters. The van der Waals surface area contributed by atoms with E-state index in [-0.39, 0.29) is 18.9 Å². The van der Waals surface area contributed by atoms with E-state index in [4.69, 9.17) is 28.4 Å². The van der Waals surface area contributed by atoms with E-state index in [1.54, 1.807) is 0 Å². The lowest BCUT2D eigenvalue weighted by molar-refractivity contribution is -0.386. The summed E-state index contributed by atoms with van der Waals surface area (Å²) in [6.45, 7) is 2.20. The average Bonchev–Trinajstić information content (AvgIpc) is 1.29. The number of carboxylic acid groups (broad SMARTS) is 1. The quantitative estimate of drug-likeness (QED) is 0.0371. The van der Waals surface area contributed by atoms with Gasteiger partial charge in [-0.3, -0.25) is 9.59 Å². The van der Waals surface area contributed by atoms with Gasteiger partial charge in [0, 0.05) is 19.8 Å². The Kier molecular flexibility index (Phi) is 40.1. The number of hydrogen-bond acceptors (Lipinski definition) is 20. The zero-order valence-electron chi connectivity index (χ0n) is 51.7. The minimum Gasteiger partial charge on any atom is -0.477 e. The SMILES string of the molecule is CCCCCCCCCCCCCCCCCCCCC(O)C(COC1OC(CO)C(OC2OC(CO)C(O)C(OC3(C(=O)O)CC(O)C(NC(C)=O)C(C(O)C(O)CO)O3)C2O)C(O)C1O)NC(=O)CCCCCCCCCCCCCCC. The van der Waals surface area contributed by atoms with Crippen LogP contribution in [0.2, 0.25) is 0 Å². The summed E-state index contributed by atoms with van der Waals surface area (Å²) in [5, 5.41) is 136. The molecule has 2 amide bonds. The van der Waals surface area contributed by atoms with Crippen LogP contribution in [0.15, 0.2) is 0 Å². The molecule has 85 heavy (non-hydrogen) atoms. The normalized spacial score (nSPS) is 29.5. The summed E-state index contributed by atoms with van der Waals surface area (Å²) in [6, 6.07) is -2.52. The number of amides is 2. The van der Waals surface area contributed by atoms with Crippen LogP contribution in [0, 0.1) is 0 Å². The molecule has 0 bridgehead atoms. The van der Waals surface area contributed by atoms with Gasteiger partial charge in [0.25, 0.3) is 5.79 Å². The second kappa shape index (κ2) is 44.2. The van der Waals surface area contributed by atoms with Gasteiger partial charge in [-0.1, -0.05) is 206 Å². The summed E-state index contributed by atoms with van der Waals surface area (Å²) in [6.07, 6.45) is 8.27. The van der Waals surface area contributed by atoms with Crippen molar-refractivity contribution >= 4 is 17.8 Å². The molecule has 500 valence electrons. The Labute approximate surface area is 506 Å². The summed E-state index contributed by atoms with van der Waals surface area (Å²) in [5.74, 6) is -6.09. The molecule has 0 aromatic rings. The lowest BCUT2D eigenvalue weighted by Crippen LogP contribution is -2.70. The third-order valence-corrected chi connectivity index (χ3v) is 17.1. The maximum absolute atomic E-state index is 13.4. The van der Waals surface area contributed by atoms with Crippen molar-refractivity contribution < 1.29 is 104 Å². The zero-order chi connectivity index (χ0) is 62.6. The van der Waals surface area contributed by atoms with E-state index in [0.717, 1.165) is 58.3 Å². The third kappa shape index (κ3) is 27.8. The van der Waals surface area contributed by atoms with Gasteiger partial charge in [-0.05, 0) is 12.8 Å². The van der Waals surface area contributed by atoms with E-state index in [1.165, 1.54) is 135 Å². The number of rotatable bonds is 49. The summed E-state index contributed by atoms with van der Waals surface area (Å²) >= 11 is 0. The molecule has 14 N–H and O–H groups in total. The molecule has 0 aromatic heterocycles. The molecule has 0 spiro atoms. The van der Waals surface area contributed by atoms with Crippen LogP contribution in [0.3, 0.4) is 0 Å². The maximum Gasteiger partial charge on any atom is 0.364 e. The van der Waals surface area contributed by atoms with E-state index in [2.05, 4.69) is 24.5 Å². The molecule has 0 aliphatic carbocycles. The Morgan fingerprint density at radius 1 is 0.565 bits per heavy atom. The molecule has 23 nitrogen and oxygen atoms in total. The van der Waals surface area contributed by atoms with Crippen LogP contribution in [0.1, 0.15) is 239 Å². The van der Waals surface area contributed by atoms with E-state index >= 15 is 0 Å².